The molecule has 0 unspecified atom stereocenters. The molecule has 0 aliphatic carbocycles. The zero-order chi connectivity index (χ0) is 19.9. The molecule has 0 aromatic heterocycles. The maximum absolute atomic E-state index is 11.9. The molecule has 1 aliphatic rings. The summed E-state index contributed by atoms with van der Waals surface area (Å²) in [4.78, 5) is 26.2. The smallest absolute Gasteiger partial charge is 0.225 e. The van der Waals surface area contributed by atoms with Gasteiger partial charge in [0.05, 0.1) is 0 Å². The second-order valence-electron chi connectivity index (χ2n) is 8.81. The van der Waals surface area contributed by atoms with Crippen LogP contribution in [0.3, 0.4) is 0 Å². The van der Waals surface area contributed by atoms with Crippen molar-refractivity contribution in [3.05, 3.63) is 35.4 Å². The third-order valence-corrected chi connectivity index (χ3v) is 5.11. The molecule has 0 bridgehead atoms. The molecule has 1 saturated heterocycles. The lowest BCUT2D eigenvalue weighted by molar-refractivity contribution is -0.128. The fourth-order valence-electron chi connectivity index (χ4n) is 3.08. The molecule has 0 spiro atoms. The summed E-state index contributed by atoms with van der Waals surface area (Å²) in [7, 11) is 0. The molecule has 2 amide bonds. The molecule has 0 atom stereocenters. The van der Waals surface area contributed by atoms with E-state index in [1.165, 1.54) is 31.5 Å². The quantitative estimate of drug-likeness (QED) is 0.772. The van der Waals surface area contributed by atoms with Crippen LogP contribution in [0.5, 0.6) is 0 Å². The average Bonchev–Trinajstić information content (AvgIpc) is 2.62. The van der Waals surface area contributed by atoms with Crippen molar-refractivity contribution in [2.45, 2.75) is 60.0 Å². The van der Waals surface area contributed by atoms with Gasteiger partial charge in [-0.3, -0.25) is 14.5 Å². The van der Waals surface area contributed by atoms with Gasteiger partial charge in [0.25, 0.3) is 0 Å². The van der Waals surface area contributed by atoms with Gasteiger partial charge in [-0.1, -0.05) is 52.0 Å². The first-order valence-corrected chi connectivity index (χ1v) is 10.1. The summed E-state index contributed by atoms with van der Waals surface area (Å²) in [5.41, 5.74) is 1.99. The second-order valence-corrected chi connectivity index (χ2v) is 8.81. The van der Waals surface area contributed by atoms with Crippen LogP contribution < -0.4 is 10.6 Å². The number of benzene rings is 1. The standard InChI is InChI=1S/C22H35N3O2/c1-17-10-13-25(14-11-17)16-19-7-5-18(6-8-19)15-24-20(26)9-12-23-21(27)22(2,3)4/h5-8,17H,9-16H2,1-4H3,(H,23,27)(H,24,26). The van der Waals surface area contributed by atoms with Crippen LogP contribution in [0.1, 0.15) is 58.1 Å². The molecule has 5 nitrogen and oxygen atoms in total. The maximum Gasteiger partial charge on any atom is 0.225 e. The number of nitrogens with one attached hydrogen (secondary N) is 2. The van der Waals surface area contributed by atoms with Gasteiger partial charge in [0, 0.05) is 31.5 Å². The van der Waals surface area contributed by atoms with E-state index in [0.717, 1.165) is 18.0 Å². The first-order valence-electron chi connectivity index (χ1n) is 10.1. The van der Waals surface area contributed by atoms with E-state index in [0.29, 0.717) is 19.5 Å². The Labute approximate surface area is 163 Å². The van der Waals surface area contributed by atoms with Crippen molar-refractivity contribution in [2.75, 3.05) is 19.6 Å². The Hall–Kier alpha value is -1.88. The van der Waals surface area contributed by atoms with Crippen LogP contribution >= 0.6 is 0 Å². The highest BCUT2D eigenvalue weighted by molar-refractivity contribution is 5.82. The summed E-state index contributed by atoms with van der Waals surface area (Å²) in [5, 5.41) is 5.71. The Morgan fingerprint density at radius 1 is 1.04 bits per heavy atom. The molecule has 2 N–H and O–H groups in total. The van der Waals surface area contributed by atoms with Gasteiger partial charge < -0.3 is 10.6 Å². The molecule has 1 fully saturated rings. The van der Waals surface area contributed by atoms with Crippen LogP contribution in [0.25, 0.3) is 0 Å². The van der Waals surface area contributed by atoms with Gasteiger partial charge >= 0.3 is 0 Å². The average molecular weight is 374 g/mol. The van der Waals surface area contributed by atoms with E-state index < -0.39 is 5.41 Å². The van der Waals surface area contributed by atoms with Crippen molar-refractivity contribution < 1.29 is 9.59 Å². The zero-order valence-electron chi connectivity index (χ0n) is 17.3. The molecule has 2 rings (SSSR count). The molecule has 150 valence electrons. The molecular formula is C22H35N3O2. The minimum Gasteiger partial charge on any atom is -0.355 e. The lowest BCUT2D eigenvalue weighted by Crippen LogP contribution is -2.37. The molecule has 27 heavy (non-hydrogen) atoms. The van der Waals surface area contributed by atoms with Crippen molar-refractivity contribution in [2.24, 2.45) is 11.3 Å². The predicted molar refractivity (Wildman–Crippen MR) is 109 cm³/mol. The summed E-state index contributed by atoms with van der Waals surface area (Å²) >= 11 is 0. The highest BCUT2D eigenvalue weighted by Crippen LogP contribution is 2.18. The summed E-state index contributed by atoms with van der Waals surface area (Å²) < 4.78 is 0. The SMILES string of the molecule is CC1CCN(Cc2ccc(CNC(=O)CCNC(=O)C(C)(C)C)cc2)CC1. The number of hydrogen-bond acceptors (Lipinski definition) is 3. The van der Waals surface area contributed by atoms with Gasteiger partial charge in [0.2, 0.25) is 11.8 Å². The summed E-state index contributed by atoms with van der Waals surface area (Å²) in [6, 6.07) is 8.49. The fraction of sp³-hybridized carbons (Fsp3) is 0.636. The summed E-state index contributed by atoms with van der Waals surface area (Å²) in [6.07, 6.45) is 2.88. The lowest BCUT2D eigenvalue weighted by Gasteiger charge is -2.30. The molecule has 1 aromatic rings. The highest BCUT2D eigenvalue weighted by atomic mass is 16.2. The van der Waals surface area contributed by atoms with Gasteiger partial charge in [-0.15, -0.1) is 0 Å². The Balaban J connectivity index is 1.67. The van der Waals surface area contributed by atoms with Gasteiger partial charge in [-0.2, -0.15) is 0 Å². The van der Waals surface area contributed by atoms with Crippen LogP contribution in [-0.4, -0.2) is 36.3 Å². The van der Waals surface area contributed by atoms with Crippen molar-refractivity contribution >= 4 is 11.8 Å². The van der Waals surface area contributed by atoms with E-state index in [1.807, 2.05) is 20.8 Å². The van der Waals surface area contributed by atoms with E-state index >= 15 is 0 Å². The molecule has 1 aromatic carbocycles. The second kappa shape index (κ2) is 9.88. The van der Waals surface area contributed by atoms with Crippen molar-refractivity contribution in [3.8, 4) is 0 Å². The lowest BCUT2D eigenvalue weighted by atomic mass is 9.96. The van der Waals surface area contributed by atoms with E-state index in [2.05, 4.69) is 46.7 Å². The third-order valence-electron chi connectivity index (χ3n) is 5.11. The number of carbonyl (C=O) groups excluding carboxylic acids is 2. The minimum absolute atomic E-state index is 0.0333. The molecule has 0 saturated carbocycles. The topological polar surface area (TPSA) is 61.4 Å². The van der Waals surface area contributed by atoms with Gasteiger partial charge in [0.15, 0.2) is 0 Å². The first kappa shape index (κ1) is 21.4. The fourth-order valence-corrected chi connectivity index (χ4v) is 3.08. The monoisotopic (exact) mass is 373 g/mol. The number of rotatable bonds is 7. The molecular weight excluding hydrogens is 338 g/mol. The minimum atomic E-state index is -0.426. The molecule has 5 heteroatoms. The van der Waals surface area contributed by atoms with E-state index in [9.17, 15) is 9.59 Å². The van der Waals surface area contributed by atoms with Crippen LogP contribution in [0.4, 0.5) is 0 Å². The normalized spacial score (nSPS) is 16.1. The van der Waals surface area contributed by atoms with E-state index in [-0.39, 0.29) is 11.8 Å². The number of hydrogen-bond donors (Lipinski definition) is 2. The van der Waals surface area contributed by atoms with Crippen LogP contribution in [-0.2, 0) is 22.7 Å². The van der Waals surface area contributed by atoms with Gasteiger partial charge in [-0.05, 0) is 43.0 Å². The summed E-state index contributed by atoms with van der Waals surface area (Å²) in [5.74, 6) is 0.777. The number of piperidine rings is 1. The van der Waals surface area contributed by atoms with E-state index in [4.69, 9.17) is 0 Å². The van der Waals surface area contributed by atoms with Crippen molar-refractivity contribution in [1.29, 1.82) is 0 Å². The predicted octanol–water partition coefficient (Wildman–Crippen LogP) is 3.09. The van der Waals surface area contributed by atoms with Crippen molar-refractivity contribution in [3.63, 3.8) is 0 Å². The van der Waals surface area contributed by atoms with Crippen molar-refractivity contribution in [1.82, 2.24) is 15.5 Å². The van der Waals surface area contributed by atoms with Crippen LogP contribution in [0, 0.1) is 11.3 Å². The third kappa shape index (κ3) is 7.71. The summed E-state index contributed by atoms with van der Waals surface area (Å²) in [6.45, 7) is 12.2. The highest BCUT2D eigenvalue weighted by Gasteiger charge is 2.20. The van der Waals surface area contributed by atoms with Gasteiger partial charge in [-0.25, -0.2) is 0 Å². The Morgan fingerprint density at radius 2 is 1.63 bits per heavy atom. The van der Waals surface area contributed by atoms with Crippen LogP contribution in [0.2, 0.25) is 0 Å². The van der Waals surface area contributed by atoms with E-state index in [1.54, 1.807) is 0 Å². The molecule has 1 aliphatic heterocycles. The molecule has 0 radical (unpaired) electrons. The number of nitrogens with zero attached hydrogens (tertiary/aromatic N) is 1. The van der Waals surface area contributed by atoms with Gasteiger partial charge in [0.1, 0.15) is 0 Å². The zero-order valence-corrected chi connectivity index (χ0v) is 17.3. The Kier molecular flexibility index (Phi) is 7.84. The number of amides is 2. The first-order chi connectivity index (χ1) is 12.7. The number of likely N-dealkylation sites (tertiary alicyclic amines) is 1. The maximum atomic E-state index is 11.9. The number of carbonyl (C=O) groups is 2. The Morgan fingerprint density at radius 3 is 2.22 bits per heavy atom. The molecule has 1 heterocycles. The largest absolute Gasteiger partial charge is 0.355 e. The van der Waals surface area contributed by atoms with Crippen LogP contribution in [0.15, 0.2) is 24.3 Å². The Bertz CT molecular complexity index is 611.